The number of rotatable bonds is 2. The molecule has 0 fully saturated rings. The normalized spacial score (nSPS) is 12.6. The maximum atomic E-state index is 8.72. The van der Waals surface area contributed by atoms with Gasteiger partial charge in [-0.1, -0.05) is 11.6 Å². The summed E-state index contributed by atoms with van der Waals surface area (Å²) < 4.78 is 1.86. The van der Waals surface area contributed by atoms with Gasteiger partial charge in [0, 0.05) is 12.7 Å². The Morgan fingerprint density at radius 3 is 3.13 bits per heavy atom. The molecule has 0 bridgehead atoms. The van der Waals surface area contributed by atoms with Crippen molar-refractivity contribution in [3.63, 3.8) is 0 Å². The van der Waals surface area contributed by atoms with E-state index in [0.717, 1.165) is 11.2 Å². The third-order valence-corrected chi connectivity index (χ3v) is 2.32. The van der Waals surface area contributed by atoms with Gasteiger partial charge in [0.05, 0.1) is 23.3 Å². The number of fused-ring (bicyclic) bond motifs is 1. The van der Waals surface area contributed by atoms with Crippen LogP contribution in [0.15, 0.2) is 18.6 Å². The van der Waals surface area contributed by atoms with Gasteiger partial charge >= 0.3 is 0 Å². The molecule has 2 heterocycles. The second kappa shape index (κ2) is 3.87. The van der Waals surface area contributed by atoms with Crippen LogP contribution in [0.2, 0.25) is 5.02 Å². The van der Waals surface area contributed by atoms with E-state index in [1.165, 1.54) is 0 Å². The topological polar surface area (TPSA) is 54.5 Å². The predicted molar refractivity (Wildman–Crippen MR) is 57.3 cm³/mol. The third-order valence-electron chi connectivity index (χ3n) is 2.11. The molecule has 2 rings (SSSR count). The Kier molecular flexibility index (Phi) is 2.57. The molecule has 1 atom stereocenters. The fraction of sp³-hybridized carbons (Fsp3) is 0.300. The smallest absolute Gasteiger partial charge is 0.159 e. The molecule has 0 saturated heterocycles. The number of imidazole rings is 1. The first kappa shape index (κ1) is 9.94. The summed E-state index contributed by atoms with van der Waals surface area (Å²) in [5, 5.41) is 9.29. The van der Waals surface area contributed by atoms with Crippen LogP contribution in [0.25, 0.3) is 11.2 Å². The molecule has 0 spiro atoms. The molecule has 0 aliphatic rings. The second-order valence-electron chi connectivity index (χ2n) is 3.42. The highest BCUT2D eigenvalue weighted by atomic mass is 35.5. The van der Waals surface area contributed by atoms with Gasteiger partial charge < -0.3 is 4.57 Å². The lowest BCUT2D eigenvalue weighted by Crippen LogP contribution is -2.04. The Morgan fingerprint density at radius 2 is 2.40 bits per heavy atom. The minimum absolute atomic E-state index is 0.0557. The zero-order chi connectivity index (χ0) is 10.8. The molecule has 1 unspecified atom stereocenters. The first-order valence-electron chi connectivity index (χ1n) is 4.56. The summed E-state index contributed by atoms with van der Waals surface area (Å²) in [5.74, 6) is -0.0557. The first-order chi connectivity index (χ1) is 7.20. The number of nitriles is 1. The Bertz CT molecular complexity index is 526. The lowest BCUT2D eigenvalue weighted by Gasteiger charge is -2.03. The summed E-state index contributed by atoms with van der Waals surface area (Å²) in [7, 11) is 0. The maximum absolute atomic E-state index is 8.72. The quantitative estimate of drug-likeness (QED) is 0.780. The molecule has 4 nitrogen and oxygen atoms in total. The van der Waals surface area contributed by atoms with Gasteiger partial charge in [-0.25, -0.2) is 9.97 Å². The number of nitrogens with zero attached hydrogens (tertiary/aromatic N) is 4. The minimum Gasteiger partial charge on any atom is -0.314 e. The van der Waals surface area contributed by atoms with Crippen molar-refractivity contribution < 1.29 is 0 Å². The van der Waals surface area contributed by atoms with E-state index in [0.29, 0.717) is 11.6 Å². The molecule has 15 heavy (non-hydrogen) atoms. The average molecular weight is 221 g/mol. The second-order valence-corrected chi connectivity index (χ2v) is 3.86. The highest BCUT2D eigenvalue weighted by Gasteiger charge is 2.07. The molecule has 0 aliphatic carbocycles. The molecule has 0 amide bonds. The van der Waals surface area contributed by atoms with E-state index >= 15 is 0 Å². The van der Waals surface area contributed by atoms with Crippen molar-refractivity contribution in [1.82, 2.24) is 14.5 Å². The number of aromatic nitrogens is 3. The summed E-state index contributed by atoms with van der Waals surface area (Å²) in [6.45, 7) is 2.46. The molecule has 0 aliphatic heterocycles. The lowest BCUT2D eigenvalue weighted by atomic mass is 10.2. The van der Waals surface area contributed by atoms with Crippen LogP contribution >= 0.6 is 11.6 Å². The van der Waals surface area contributed by atoms with Gasteiger partial charge in [-0.3, -0.25) is 0 Å². The van der Waals surface area contributed by atoms with Crippen LogP contribution in [0.5, 0.6) is 0 Å². The molecular weight excluding hydrogens is 212 g/mol. The molecule has 76 valence electrons. The van der Waals surface area contributed by atoms with Crippen molar-refractivity contribution in [2.24, 2.45) is 5.92 Å². The van der Waals surface area contributed by atoms with Gasteiger partial charge in [0.2, 0.25) is 0 Å². The van der Waals surface area contributed by atoms with Crippen molar-refractivity contribution in [3.05, 3.63) is 23.6 Å². The van der Waals surface area contributed by atoms with E-state index in [4.69, 9.17) is 16.9 Å². The SMILES string of the molecule is CC(C#N)Cn1cnc2cc(Cl)cnc21. The molecule has 2 aromatic heterocycles. The largest absolute Gasteiger partial charge is 0.314 e. The van der Waals surface area contributed by atoms with Gasteiger partial charge in [-0.2, -0.15) is 5.26 Å². The number of hydrogen-bond donors (Lipinski definition) is 0. The van der Waals surface area contributed by atoms with Gasteiger partial charge in [-0.05, 0) is 13.0 Å². The minimum atomic E-state index is -0.0557. The van der Waals surface area contributed by atoms with E-state index < -0.39 is 0 Å². The summed E-state index contributed by atoms with van der Waals surface area (Å²) in [6, 6.07) is 3.94. The van der Waals surface area contributed by atoms with Crippen LogP contribution in [0.3, 0.4) is 0 Å². The Morgan fingerprint density at radius 1 is 1.60 bits per heavy atom. The van der Waals surface area contributed by atoms with Crippen LogP contribution in [-0.4, -0.2) is 14.5 Å². The van der Waals surface area contributed by atoms with Gasteiger partial charge in [0.25, 0.3) is 0 Å². The van der Waals surface area contributed by atoms with E-state index in [2.05, 4.69) is 16.0 Å². The maximum Gasteiger partial charge on any atom is 0.159 e. The zero-order valence-corrected chi connectivity index (χ0v) is 8.94. The summed E-state index contributed by atoms with van der Waals surface area (Å²) in [4.78, 5) is 8.36. The van der Waals surface area contributed by atoms with Crippen molar-refractivity contribution in [1.29, 1.82) is 5.26 Å². The monoisotopic (exact) mass is 220 g/mol. The first-order valence-corrected chi connectivity index (χ1v) is 4.94. The van der Waals surface area contributed by atoms with Crippen molar-refractivity contribution >= 4 is 22.8 Å². The van der Waals surface area contributed by atoms with Crippen molar-refractivity contribution in [3.8, 4) is 6.07 Å². The average Bonchev–Trinajstić information content (AvgIpc) is 2.60. The molecule has 0 saturated carbocycles. The Balaban J connectivity index is 2.42. The summed E-state index contributed by atoms with van der Waals surface area (Å²) >= 11 is 5.80. The van der Waals surface area contributed by atoms with Crippen LogP contribution < -0.4 is 0 Å². The van der Waals surface area contributed by atoms with Crippen LogP contribution in [0.1, 0.15) is 6.92 Å². The highest BCUT2D eigenvalue weighted by molar-refractivity contribution is 6.30. The van der Waals surface area contributed by atoms with Crippen LogP contribution in [0.4, 0.5) is 0 Å². The molecule has 0 aromatic carbocycles. The van der Waals surface area contributed by atoms with Crippen molar-refractivity contribution in [2.45, 2.75) is 13.5 Å². The van der Waals surface area contributed by atoms with E-state index in [9.17, 15) is 0 Å². The van der Waals surface area contributed by atoms with Crippen LogP contribution in [-0.2, 0) is 6.54 Å². The predicted octanol–water partition coefficient (Wildman–Crippen LogP) is 2.24. The van der Waals surface area contributed by atoms with Crippen LogP contribution in [0, 0.1) is 17.2 Å². The van der Waals surface area contributed by atoms with Gasteiger partial charge in [0.1, 0.15) is 5.52 Å². The third kappa shape index (κ3) is 1.92. The number of pyridine rings is 1. The summed E-state index contributed by atoms with van der Waals surface area (Å²) in [5.41, 5.74) is 1.52. The number of hydrogen-bond acceptors (Lipinski definition) is 3. The lowest BCUT2D eigenvalue weighted by molar-refractivity contribution is 0.589. The molecule has 5 heteroatoms. The fourth-order valence-electron chi connectivity index (χ4n) is 1.39. The molecular formula is C10H9ClN4. The van der Waals surface area contributed by atoms with Gasteiger partial charge in [-0.15, -0.1) is 0 Å². The van der Waals surface area contributed by atoms with E-state index in [-0.39, 0.29) is 5.92 Å². The standard InChI is InChI=1S/C10H9ClN4/c1-7(3-12)5-15-6-14-9-2-8(11)4-13-10(9)15/h2,4,6-7H,5H2,1H3. The Hall–Kier alpha value is -1.60. The number of halogens is 1. The molecule has 0 N–H and O–H groups in total. The molecule has 0 radical (unpaired) electrons. The van der Waals surface area contributed by atoms with Gasteiger partial charge in [0.15, 0.2) is 5.65 Å². The zero-order valence-electron chi connectivity index (χ0n) is 8.18. The highest BCUT2D eigenvalue weighted by Crippen LogP contribution is 2.16. The molecule has 2 aromatic rings. The van der Waals surface area contributed by atoms with E-state index in [1.807, 2.05) is 11.5 Å². The Labute approximate surface area is 92.1 Å². The van der Waals surface area contributed by atoms with E-state index in [1.54, 1.807) is 18.6 Å². The van der Waals surface area contributed by atoms with Crippen molar-refractivity contribution in [2.75, 3.05) is 0 Å². The summed E-state index contributed by atoms with van der Waals surface area (Å²) in [6.07, 6.45) is 3.26. The fourth-order valence-corrected chi connectivity index (χ4v) is 1.55.